The van der Waals surface area contributed by atoms with Crippen LogP contribution in [-0.2, 0) is 0 Å². The molecule has 0 radical (unpaired) electrons. The van der Waals surface area contributed by atoms with Gasteiger partial charge in [-0.3, -0.25) is 9.89 Å². The van der Waals surface area contributed by atoms with Crippen LogP contribution in [0.2, 0.25) is 0 Å². The summed E-state index contributed by atoms with van der Waals surface area (Å²) in [5.74, 6) is -0.737. The van der Waals surface area contributed by atoms with Crippen LogP contribution in [0.15, 0.2) is 6.20 Å². The van der Waals surface area contributed by atoms with E-state index in [0.29, 0.717) is 12.8 Å². The molecule has 1 aromatic rings. The van der Waals surface area contributed by atoms with Crippen LogP contribution in [0.3, 0.4) is 0 Å². The van der Waals surface area contributed by atoms with E-state index in [4.69, 9.17) is 5.73 Å². The highest BCUT2D eigenvalue weighted by Crippen LogP contribution is 2.31. The molecule has 0 saturated heterocycles. The van der Waals surface area contributed by atoms with Crippen molar-refractivity contribution < 1.29 is 18.0 Å². The van der Waals surface area contributed by atoms with E-state index in [2.05, 4.69) is 10.2 Å². The molecule has 1 saturated carbocycles. The van der Waals surface area contributed by atoms with E-state index in [0.717, 1.165) is 11.1 Å². The number of nitrogens with zero attached hydrogens (tertiary/aromatic N) is 2. The van der Waals surface area contributed by atoms with Gasteiger partial charge in [-0.15, -0.1) is 0 Å². The van der Waals surface area contributed by atoms with E-state index in [1.807, 2.05) is 0 Å². The molecule has 94 valence electrons. The van der Waals surface area contributed by atoms with E-state index in [-0.39, 0.29) is 17.4 Å². The van der Waals surface area contributed by atoms with Crippen molar-refractivity contribution >= 4 is 11.7 Å². The van der Waals surface area contributed by atoms with Crippen LogP contribution in [0.25, 0.3) is 0 Å². The van der Waals surface area contributed by atoms with Crippen LogP contribution in [0.5, 0.6) is 0 Å². The fourth-order valence-corrected chi connectivity index (χ4v) is 1.57. The lowest BCUT2D eigenvalue weighted by Gasteiger charge is -2.23. The van der Waals surface area contributed by atoms with Crippen LogP contribution in [0.4, 0.5) is 19.0 Å². The Balaban J connectivity index is 2.17. The number of aromatic nitrogens is 2. The lowest BCUT2D eigenvalue weighted by Crippen LogP contribution is -2.40. The van der Waals surface area contributed by atoms with E-state index >= 15 is 0 Å². The van der Waals surface area contributed by atoms with Crippen molar-refractivity contribution in [3.63, 3.8) is 0 Å². The van der Waals surface area contributed by atoms with Gasteiger partial charge in [0.1, 0.15) is 17.9 Å². The largest absolute Gasteiger partial charge is 0.406 e. The Bertz CT molecular complexity index is 424. The number of hydrogen-bond donors (Lipinski definition) is 2. The average Bonchev–Trinajstić information content (AvgIpc) is 2.96. The zero-order valence-corrected chi connectivity index (χ0v) is 8.79. The third kappa shape index (κ3) is 2.69. The summed E-state index contributed by atoms with van der Waals surface area (Å²) in [5.41, 5.74) is 5.40. The predicted molar refractivity (Wildman–Crippen MR) is 53.1 cm³/mol. The quantitative estimate of drug-likeness (QED) is 0.842. The number of rotatable bonds is 3. The Kier molecular flexibility index (Phi) is 2.72. The van der Waals surface area contributed by atoms with Gasteiger partial charge in [-0.2, -0.15) is 18.3 Å². The van der Waals surface area contributed by atoms with E-state index in [9.17, 15) is 18.0 Å². The highest BCUT2D eigenvalue weighted by Gasteiger charge is 2.41. The van der Waals surface area contributed by atoms with Crippen molar-refractivity contribution in [2.45, 2.75) is 25.1 Å². The molecule has 5 nitrogen and oxygen atoms in total. The van der Waals surface area contributed by atoms with E-state index in [1.165, 1.54) is 0 Å². The third-order valence-electron chi connectivity index (χ3n) is 2.50. The Labute approximate surface area is 94.8 Å². The molecule has 3 N–H and O–H groups in total. The summed E-state index contributed by atoms with van der Waals surface area (Å²) in [6.07, 6.45) is -2.07. The number of nitrogen functional groups attached to an aromatic ring is 1. The fourth-order valence-electron chi connectivity index (χ4n) is 1.57. The van der Waals surface area contributed by atoms with Crippen molar-refractivity contribution in [1.82, 2.24) is 15.1 Å². The third-order valence-corrected chi connectivity index (χ3v) is 2.50. The molecule has 0 atom stereocenters. The topological polar surface area (TPSA) is 75.0 Å². The van der Waals surface area contributed by atoms with Crippen LogP contribution in [0, 0.1) is 0 Å². The van der Waals surface area contributed by atoms with Crippen LogP contribution < -0.4 is 5.73 Å². The van der Waals surface area contributed by atoms with Crippen molar-refractivity contribution in [3.8, 4) is 0 Å². The standard InChI is InChI=1S/C9H11F3N4O/c10-9(11,12)4-16(5-1-2-5)8(17)6-3-14-15-7(6)13/h3,5H,1-2,4H2,(H3,13,14,15). The summed E-state index contributed by atoms with van der Waals surface area (Å²) in [6, 6.07) is -0.335. The summed E-state index contributed by atoms with van der Waals surface area (Å²) in [5, 5.41) is 5.85. The Morgan fingerprint density at radius 1 is 1.59 bits per heavy atom. The lowest BCUT2D eigenvalue weighted by atomic mass is 10.2. The molecule has 1 heterocycles. The van der Waals surface area contributed by atoms with Gasteiger partial charge in [0.25, 0.3) is 5.91 Å². The number of amides is 1. The van der Waals surface area contributed by atoms with Gasteiger partial charge in [0.15, 0.2) is 0 Å². The summed E-state index contributed by atoms with van der Waals surface area (Å²) >= 11 is 0. The van der Waals surface area contributed by atoms with Gasteiger partial charge in [0.2, 0.25) is 0 Å². The Morgan fingerprint density at radius 2 is 2.24 bits per heavy atom. The summed E-state index contributed by atoms with van der Waals surface area (Å²) in [7, 11) is 0. The SMILES string of the molecule is Nc1[nH]ncc1C(=O)N(CC(F)(F)F)C1CC1. The zero-order chi connectivity index (χ0) is 12.6. The van der Waals surface area contributed by atoms with Crippen molar-refractivity contribution in [2.75, 3.05) is 12.3 Å². The molecule has 1 aliphatic rings. The first-order valence-corrected chi connectivity index (χ1v) is 5.05. The number of nitrogens with one attached hydrogen (secondary N) is 1. The normalized spacial score (nSPS) is 15.9. The summed E-state index contributed by atoms with van der Waals surface area (Å²) in [4.78, 5) is 12.7. The molecular weight excluding hydrogens is 237 g/mol. The Morgan fingerprint density at radius 3 is 2.65 bits per heavy atom. The van der Waals surface area contributed by atoms with E-state index < -0.39 is 18.6 Å². The Hall–Kier alpha value is -1.73. The number of carbonyl (C=O) groups excluding carboxylic acids is 1. The maximum atomic E-state index is 12.3. The minimum absolute atomic E-state index is 0.0113. The van der Waals surface area contributed by atoms with Crippen LogP contribution in [0.1, 0.15) is 23.2 Å². The van der Waals surface area contributed by atoms with Crippen molar-refractivity contribution in [1.29, 1.82) is 0 Å². The zero-order valence-electron chi connectivity index (χ0n) is 8.79. The number of H-pyrrole nitrogens is 1. The van der Waals surface area contributed by atoms with Gasteiger partial charge in [-0.25, -0.2) is 0 Å². The van der Waals surface area contributed by atoms with Gasteiger partial charge < -0.3 is 10.6 Å². The monoisotopic (exact) mass is 248 g/mol. The molecule has 17 heavy (non-hydrogen) atoms. The molecule has 0 aliphatic heterocycles. The second-order valence-electron chi connectivity index (χ2n) is 3.98. The second kappa shape index (κ2) is 3.94. The predicted octanol–water partition coefficient (Wildman–Crippen LogP) is 1.16. The second-order valence-corrected chi connectivity index (χ2v) is 3.98. The number of hydrogen-bond acceptors (Lipinski definition) is 3. The number of alkyl halides is 3. The van der Waals surface area contributed by atoms with Gasteiger partial charge in [-0.05, 0) is 12.8 Å². The van der Waals surface area contributed by atoms with Gasteiger partial charge in [0, 0.05) is 6.04 Å². The number of nitrogens with two attached hydrogens (primary N) is 1. The van der Waals surface area contributed by atoms with Crippen LogP contribution in [-0.4, -0.2) is 39.8 Å². The molecule has 0 unspecified atom stereocenters. The number of halogens is 3. The molecule has 1 fully saturated rings. The molecule has 1 aromatic heterocycles. The highest BCUT2D eigenvalue weighted by atomic mass is 19.4. The van der Waals surface area contributed by atoms with E-state index in [1.54, 1.807) is 0 Å². The first-order chi connectivity index (χ1) is 7.88. The van der Waals surface area contributed by atoms with Gasteiger partial charge in [0.05, 0.1) is 6.20 Å². The van der Waals surface area contributed by atoms with Crippen molar-refractivity contribution in [2.24, 2.45) is 0 Å². The van der Waals surface area contributed by atoms with Gasteiger partial charge >= 0.3 is 6.18 Å². The molecule has 1 aliphatic carbocycles. The first-order valence-electron chi connectivity index (χ1n) is 5.05. The minimum Gasteiger partial charge on any atom is -0.383 e. The van der Waals surface area contributed by atoms with Gasteiger partial charge in [-0.1, -0.05) is 0 Å². The molecule has 0 spiro atoms. The molecular formula is C9H11F3N4O. The summed E-state index contributed by atoms with van der Waals surface area (Å²) < 4.78 is 37.0. The minimum atomic E-state index is -4.41. The smallest absolute Gasteiger partial charge is 0.383 e. The maximum Gasteiger partial charge on any atom is 0.406 e. The number of anilines is 1. The number of carbonyl (C=O) groups is 1. The fraction of sp³-hybridized carbons (Fsp3) is 0.556. The molecule has 0 aromatic carbocycles. The molecule has 8 heteroatoms. The maximum absolute atomic E-state index is 12.3. The number of aromatic amines is 1. The first kappa shape index (κ1) is 11.7. The van der Waals surface area contributed by atoms with Crippen LogP contribution >= 0.6 is 0 Å². The summed E-state index contributed by atoms with van der Waals surface area (Å²) in [6.45, 7) is -1.25. The molecule has 1 amide bonds. The highest BCUT2D eigenvalue weighted by molar-refractivity contribution is 5.98. The average molecular weight is 248 g/mol. The molecule has 2 rings (SSSR count). The molecule has 0 bridgehead atoms. The van der Waals surface area contributed by atoms with Crippen molar-refractivity contribution in [3.05, 3.63) is 11.8 Å². The lowest BCUT2D eigenvalue weighted by molar-refractivity contribution is -0.141.